The fourth-order valence-electron chi connectivity index (χ4n) is 1.66. The third kappa shape index (κ3) is 4.45. The summed E-state index contributed by atoms with van der Waals surface area (Å²) in [7, 11) is -0.0458. The predicted octanol–water partition coefficient (Wildman–Crippen LogP) is 0.689. The Kier molecular flexibility index (Phi) is 5.71. The normalized spacial score (nSPS) is 12.0. The third-order valence-corrected chi connectivity index (χ3v) is 4.38. The molecule has 0 aliphatic rings. The van der Waals surface area contributed by atoms with E-state index in [2.05, 4.69) is 17.0 Å². The number of hydrogen-bond donors (Lipinski definition) is 1. The molecule has 0 fully saturated rings. The quantitative estimate of drug-likeness (QED) is 0.564. The second-order valence-corrected chi connectivity index (χ2v) is 6.66. The summed E-state index contributed by atoms with van der Waals surface area (Å²) in [4.78, 5) is 0.223. The summed E-state index contributed by atoms with van der Waals surface area (Å²) in [5.74, 6) is 0. The van der Waals surface area contributed by atoms with E-state index in [4.69, 9.17) is 0 Å². The average molecular weight is 286 g/mol. The van der Waals surface area contributed by atoms with E-state index in [0.717, 1.165) is 18.5 Å². The minimum Gasteiger partial charge on any atom is -0.320 e. The maximum Gasteiger partial charge on any atom is 0.246 e. The monoisotopic (exact) mass is 286 g/mol. The Balaban J connectivity index is 2.76. The maximum atomic E-state index is 12.2. The lowest BCUT2D eigenvalue weighted by molar-refractivity contribution is 0.492. The van der Waals surface area contributed by atoms with Crippen LogP contribution < -0.4 is 5.32 Å². The molecule has 0 radical (unpaired) electrons. The molecule has 1 rings (SSSR count). The highest BCUT2D eigenvalue weighted by Gasteiger charge is 2.22. The Morgan fingerprint density at radius 2 is 2.26 bits per heavy atom. The number of aryl methyl sites for hydroxylation is 1. The molecule has 0 unspecified atom stereocenters. The molecule has 0 bridgehead atoms. The molecule has 6 nitrogen and oxygen atoms in total. The molecule has 0 aliphatic carbocycles. The van der Waals surface area contributed by atoms with Crippen LogP contribution >= 0.6 is 0 Å². The molecule has 0 aliphatic heterocycles. The Bertz CT molecular complexity index is 522. The van der Waals surface area contributed by atoms with Crippen LogP contribution in [0.4, 0.5) is 0 Å². The highest BCUT2D eigenvalue weighted by Crippen LogP contribution is 2.14. The highest BCUT2D eigenvalue weighted by molar-refractivity contribution is 7.89. The van der Waals surface area contributed by atoms with Gasteiger partial charge in [-0.3, -0.25) is 4.68 Å². The van der Waals surface area contributed by atoms with E-state index >= 15 is 0 Å². The summed E-state index contributed by atoms with van der Waals surface area (Å²) in [5, 5.41) is 7.11. The lowest BCUT2D eigenvalue weighted by Crippen LogP contribution is -2.28. The SMILES string of the molecule is C=C(C)CN(C)S(=O)(=O)c1cnn(CCCNC)c1. The van der Waals surface area contributed by atoms with E-state index in [1.807, 2.05) is 7.05 Å². The second kappa shape index (κ2) is 6.83. The van der Waals surface area contributed by atoms with E-state index < -0.39 is 10.0 Å². The molecule has 0 spiro atoms. The van der Waals surface area contributed by atoms with Gasteiger partial charge in [-0.15, -0.1) is 0 Å². The predicted molar refractivity (Wildman–Crippen MR) is 75.4 cm³/mol. The first-order valence-corrected chi connectivity index (χ1v) is 7.59. The summed E-state index contributed by atoms with van der Waals surface area (Å²) in [6, 6.07) is 0. The molecule has 1 aromatic rings. The standard InChI is InChI=1S/C12H22N4O2S/c1-11(2)9-15(4)19(17,18)12-8-14-16(10-12)7-5-6-13-3/h8,10,13H,1,5-7,9H2,2-4H3. The zero-order chi connectivity index (χ0) is 14.5. The minimum absolute atomic E-state index is 0.223. The third-order valence-electron chi connectivity index (χ3n) is 2.62. The van der Waals surface area contributed by atoms with Crippen LogP contribution in [0.3, 0.4) is 0 Å². The smallest absolute Gasteiger partial charge is 0.246 e. The van der Waals surface area contributed by atoms with Crippen LogP contribution in [0.5, 0.6) is 0 Å². The van der Waals surface area contributed by atoms with Crippen LogP contribution in [-0.4, -0.2) is 49.7 Å². The van der Waals surface area contributed by atoms with Gasteiger partial charge in [0.2, 0.25) is 10.0 Å². The van der Waals surface area contributed by atoms with Crippen molar-refractivity contribution < 1.29 is 8.42 Å². The molecule has 0 aromatic carbocycles. The number of rotatable bonds is 8. The molecule has 1 heterocycles. The summed E-state index contributed by atoms with van der Waals surface area (Å²) < 4.78 is 27.4. The van der Waals surface area contributed by atoms with E-state index in [0.29, 0.717) is 13.1 Å². The second-order valence-electron chi connectivity index (χ2n) is 4.61. The van der Waals surface area contributed by atoms with Crippen molar-refractivity contribution in [1.29, 1.82) is 0 Å². The van der Waals surface area contributed by atoms with Gasteiger partial charge in [0.15, 0.2) is 0 Å². The van der Waals surface area contributed by atoms with Gasteiger partial charge in [-0.05, 0) is 26.9 Å². The summed E-state index contributed by atoms with van der Waals surface area (Å²) in [5.41, 5.74) is 0.799. The molecule has 0 atom stereocenters. The van der Waals surface area contributed by atoms with Gasteiger partial charge in [-0.25, -0.2) is 8.42 Å². The molecule has 1 N–H and O–H groups in total. The van der Waals surface area contributed by atoms with Crippen molar-refractivity contribution in [3.05, 3.63) is 24.5 Å². The first-order chi connectivity index (χ1) is 8.87. The van der Waals surface area contributed by atoms with Crippen molar-refractivity contribution in [2.24, 2.45) is 0 Å². The van der Waals surface area contributed by atoms with Crippen molar-refractivity contribution in [3.8, 4) is 0 Å². The molecule has 0 amide bonds. The number of nitrogens with one attached hydrogen (secondary N) is 1. The molecular formula is C12H22N4O2S. The van der Waals surface area contributed by atoms with E-state index in [1.165, 1.54) is 10.5 Å². The first-order valence-electron chi connectivity index (χ1n) is 6.15. The maximum absolute atomic E-state index is 12.2. The summed E-state index contributed by atoms with van der Waals surface area (Å²) >= 11 is 0. The van der Waals surface area contributed by atoms with Gasteiger partial charge < -0.3 is 5.32 Å². The Labute approximate surface area is 115 Å². The van der Waals surface area contributed by atoms with Crippen molar-refractivity contribution in [1.82, 2.24) is 19.4 Å². The van der Waals surface area contributed by atoms with Gasteiger partial charge >= 0.3 is 0 Å². The molecular weight excluding hydrogens is 264 g/mol. The summed E-state index contributed by atoms with van der Waals surface area (Å²) in [6.45, 7) is 7.40. The van der Waals surface area contributed by atoms with Crippen molar-refractivity contribution in [3.63, 3.8) is 0 Å². The van der Waals surface area contributed by atoms with E-state index in [9.17, 15) is 8.42 Å². The molecule has 19 heavy (non-hydrogen) atoms. The molecule has 7 heteroatoms. The number of hydrogen-bond acceptors (Lipinski definition) is 4. The molecule has 0 saturated carbocycles. The lowest BCUT2D eigenvalue weighted by atomic mass is 10.4. The molecule has 1 aromatic heterocycles. The van der Waals surface area contributed by atoms with Crippen molar-refractivity contribution in [2.75, 3.05) is 27.2 Å². The van der Waals surface area contributed by atoms with Gasteiger partial charge in [0.05, 0.1) is 6.20 Å². The van der Waals surface area contributed by atoms with Gasteiger partial charge in [0.1, 0.15) is 4.90 Å². The molecule has 108 valence electrons. The Morgan fingerprint density at radius 3 is 2.84 bits per heavy atom. The fourth-order valence-corrected chi connectivity index (χ4v) is 2.85. The number of nitrogens with zero attached hydrogens (tertiary/aromatic N) is 3. The van der Waals surface area contributed by atoms with Crippen LogP contribution in [0.1, 0.15) is 13.3 Å². The summed E-state index contributed by atoms with van der Waals surface area (Å²) in [6.07, 6.45) is 3.86. The fraction of sp³-hybridized carbons (Fsp3) is 0.583. The number of aromatic nitrogens is 2. The van der Waals surface area contributed by atoms with Crippen LogP contribution in [0.25, 0.3) is 0 Å². The Morgan fingerprint density at radius 1 is 1.58 bits per heavy atom. The highest BCUT2D eigenvalue weighted by atomic mass is 32.2. The number of likely N-dealkylation sites (N-methyl/N-ethyl adjacent to an activating group) is 1. The zero-order valence-electron chi connectivity index (χ0n) is 11.8. The van der Waals surface area contributed by atoms with Gasteiger partial charge in [-0.1, -0.05) is 12.2 Å². The average Bonchev–Trinajstić information content (AvgIpc) is 2.78. The largest absolute Gasteiger partial charge is 0.320 e. The van der Waals surface area contributed by atoms with E-state index in [-0.39, 0.29) is 4.90 Å². The zero-order valence-corrected chi connectivity index (χ0v) is 12.6. The van der Waals surface area contributed by atoms with Crippen molar-refractivity contribution in [2.45, 2.75) is 24.8 Å². The van der Waals surface area contributed by atoms with Crippen LogP contribution in [0, 0.1) is 0 Å². The van der Waals surface area contributed by atoms with Crippen LogP contribution in [0.15, 0.2) is 29.4 Å². The van der Waals surface area contributed by atoms with Crippen LogP contribution in [0.2, 0.25) is 0 Å². The van der Waals surface area contributed by atoms with E-state index in [1.54, 1.807) is 24.9 Å². The molecule has 0 saturated heterocycles. The Hall–Kier alpha value is -1.18. The number of sulfonamides is 1. The minimum atomic E-state index is -3.47. The van der Waals surface area contributed by atoms with Gasteiger partial charge in [-0.2, -0.15) is 9.40 Å². The van der Waals surface area contributed by atoms with Gasteiger partial charge in [0.25, 0.3) is 0 Å². The van der Waals surface area contributed by atoms with Crippen LogP contribution in [-0.2, 0) is 16.6 Å². The first kappa shape index (κ1) is 15.9. The van der Waals surface area contributed by atoms with Crippen molar-refractivity contribution >= 4 is 10.0 Å². The van der Waals surface area contributed by atoms with Gasteiger partial charge in [0, 0.05) is 26.3 Å². The lowest BCUT2D eigenvalue weighted by Gasteiger charge is -2.15. The topological polar surface area (TPSA) is 67.2 Å².